The van der Waals surface area contributed by atoms with Crippen molar-refractivity contribution in [3.63, 3.8) is 0 Å². The van der Waals surface area contributed by atoms with Crippen molar-refractivity contribution in [3.8, 4) is 45.3 Å². The van der Waals surface area contributed by atoms with Crippen molar-refractivity contribution in [3.05, 3.63) is 214 Å². The standard InChI is InChI=1S/2C15H12N4O6.2C14H10N4O5.Na/c2*20-9-17-14(21)8-18(15(17)22)16-7-12-5-6-13(25-12)10-1-3-11(4-2-10)19(23)24;2*19-13-8-17(14(20)16-13)15-7-11-5-6-12(23-11)9-1-3-10(4-2-9)18(21)22;/h2*1-7,20H,8-9H2;2*1-7H,8H2,(H,16,19,20);/q;;;;+1/p-1/b2*16-7+;2*15-7+;. The summed E-state index contributed by atoms with van der Waals surface area (Å²) in [5.74, 6) is 1.29. The zero-order valence-corrected chi connectivity index (χ0v) is 51.7. The zero-order chi connectivity index (χ0) is 68.7. The van der Waals surface area contributed by atoms with Gasteiger partial charge in [0.15, 0.2) is 11.9 Å². The smallest absolute Gasteiger partial charge is 0.455 e. The molecule has 4 fully saturated rings. The summed E-state index contributed by atoms with van der Waals surface area (Å²) in [6.45, 7) is -2.24. The molecule has 0 radical (unpaired) electrons. The molecule has 12 rings (SSSR count). The third kappa shape index (κ3) is 17.8. The maximum Gasteiger partial charge on any atom is 1.00 e. The number of hydrazone groups is 4. The Bertz CT molecular complexity index is 4180. The average Bonchev–Trinajstić information content (AvgIpc) is 1.69. The van der Waals surface area contributed by atoms with Crippen LogP contribution in [0.3, 0.4) is 0 Å². The molecule has 4 aliphatic rings. The number of aliphatic hydroxyl groups excluding tert-OH is 2. The number of nitro groups is 4. The molecular formula is C58H43N16NaO22. The SMILES string of the molecule is O=C1CN(/N=C/c2ccc(-c3ccc([N+](=O)[O-])cc3)o2)C(=O)N1.O=C1CN(/N=C/c2ccc(-c3ccc([N+](=O)[O-])cc3)o2)C(=O)N1CO.O=C1CN(/N=C/c2ccc(-c3ccc([N+](=O)[O-])cc3)o2)C(=O)N1CO.O=C1CN(/N=C/c2ccc(-c3ccc([N+](=O)[O-])cc3)o2)C(=O)[N-]1.[Na+]. The van der Waals surface area contributed by atoms with Gasteiger partial charge < -0.3 is 38.2 Å². The van der Waals surface area contributed by atoms with Crippen LogP contribution >= 0.6 is 0 Å². The van der Waals surface area contributed by atoms with E-state index in [9.17, 15) is 78.8 Å². The number of carbonyl (C=O) groups is 8. The number of furan rings is 4. The summed E-state index contributed by atoms with van der Waals surface area (Å²) in [7, 11) is 0. The predicted octanol–water partition coefficient (Wildman–Crippen LogP) is 4.07. The summed E-state index contributed by atoms with van der Waals surface area (Å²) in [6.07, 6.45) is 5.13. The van der Waals surface area contributed by atoms with Crippen LogP contribution in [0.15, 0.2) is 184 Å². The Kier molecular flexibility index (Phi) is 22.7. The number of imide groups is 4. The number of benzene rings is 4. The van der Waals surface area contributed by atoms with Gasteiger partial charge in [-0.05, 0) is 97.1 Å². The van der Waals surface area contributed by atoms with E-state index in [-0.39, 0.29) is 78.5 Å². The largest absolute Gasteiger partial charge is 1.00 e. The molecule has 4 aliphatic heterocycles. The van der Waals surface area contributed by atoms with E-state index >= 15 is 0 Å². The van der Waals surface area contributed by atoms with E-state index in [2.05, 4.69) is 31.0 Å². The first-order valence-electron chi connectivity index (χ1n) is 27.2. The number of aliphatic hydroxyl groups is 2. The number of rotatable bonds is 18. The fourth-order valence-corrected chi connectivity index (χ4v) is 8.33. The molecule has 12 amide bonds. The molecule has 38 nitrogen and oxygen atoms in total. The average molecular weight is 1340 g/mol. The van der Waals surface area contributed by atoms with Gasteiger partial charge >= 0.3 is 47.7 Å². The molecule has 0 bridgehead atoms. The normalized spacial score (nSPS) is 14.5. The van der Waals surface area contributed by atoms with Gasteiger partial charge in [0.2, 0.25) is 5.91 Å². The zero-order valence-electron chi connectivity index (χ0n) is 49.7. The van der Waals surface area contributed by atoms with Gasteiger partial charge in [-0.1, -0.05) is 0 Å². The number of hydrogen-bond donors (Lipinski definition) is 3. The number of urea groups is 4. The molecule has 0 spiro atoms. The maximum atomic E-state index is 11.8. The molecule has 4 saturated heterocycles. The predicted molar refractivity (Wildman–Crippen MR) is 326 cm³/mol. The Labute approximate surface area is 563 Å². The topological polar surface area (TPSA) is 497 Å². The molecule has 3 N–H and O–H groups in total. The minimum atomic E-state index is -0.717. The molecule has 4 aromatic carbocycles. The third-order valence-electron chi connectivity index (χ3n) is 13.1. The monoisotopic (exact) mass is 1340 g/mol. The molecule has 4 aromatic heterocycles. The molecule has 39 heteroatoms. The second-order valence-corrected chi connectivity index (χ2v) is 19.4. The quantitative estimate of drug-likeness (QED) is 0.0358. The van der Waals surface area contributed by atoms with E-state index in [1.54, 1.807) is 97.1 Å². The number of hydrogen-bond acceptors (Lipinski definition) is 26. The first-order chi connectivity index (χ1) is 46.0. The van der Waals surface area contributed by atoms with Crippen molar-refractivity contribution in [2.24, 2.45) is 20.4 Å². The van der Waals surface area contributed by atoms with Gasteiger partial charge in [-0.15, -0.1) is 0 Å². The Morgan fingerprint density at radius 3 is 0.938 bits per heavy atom. The van der Waals surface area contributed by atoms with Crippen molar-refractivity contribution in [2.75, 3.05) is 39.6 Å². The van der Waals surface area contributed by atoms with Crippen LogP contribution in [0.2, 0.25) is 0 Å². The maximum absolute atomic E-state index is 11.8. The molecular weight excluding hydrogens is 1300 g/mol. The summed E-state index contributed by atoms with van der Waals surface area (Å²) < 4.78 is 22.1. The molecule has 8 aromatic rings. The first-order valence-corrected chi connectivity index (χ1v) is 27.2. The van der Waals surface area contributed by atoms with Gasteiger partial charge in [-0.2, -0.15) is 15.3 Å². The molecule has 488 valence electrons. The second kappa shape index (κ2) is 31.5. The van der Waals surface area contributed by atoms with E-state index in [1.807, 2.05) is 0 Å². The van der Waals surface area contributed by atoms with Gasteiger partial charge in [0.1, 0.15) is 79.2 Å². The Balaban J connectivity index is 0.000000165. The van der Waals surface area contributed by atoms with Crippen LogP contribution in [-0.2, 0) is 19.2 Å². The van der Waals surface area contributed by atoms with Gasteiger partial charge in [-0.25, -0.2) is 39.2 Å². The molecule has 0 aliphatic carbocycles. The van der Waals surface area contributed by atoms with Gasteiger partial charge in [0.25, 0.3) is 34.6 Å². The fraction of sp³-hybridized carbons (Fsp3) is 0.103. The Morgan fingerprint density at radius 2 is 0.701 bits per heavy atom. The number of nitro benzene ring substituents is 4. The van der Waals surface area contributed by atoms with Crippen LogP contribution in [0.25, 0.3) is 50.6 Å². The van der Waals surface area contributed by atoms with E-state index in [0.29, 0.717) is 78.1 Å². The summed E-state index contributed by atoms with van der Waals surface area (Å²) in [4.78, 5) is 133. The number of nitrogens with zero attached hydrogens (tertiary/aromatic N) is 15. The van der Waals surface area contributed by atoms with E-state index in [0.717, 1.165) is 20.0 Å². The molecule has 8 heterocycles. The Morgan fingerprint density at radius 1 is 0.412 bits per heavy atom. The minimum absolute atomic E-state index is 0. The van der Waals surface area contributed by atoms with E-state index in [1.165, 1.54) is 73.4 Å². The van der Waals surface area contributed by atoms with Crippen LogP contribution in [0.4, 0.5) is 41.9 Å². The van der Waals surface area contributed by atoms with Gasteiger partial charge in [-0.3, -0.25) is 74.8 Å². The third-order valence-corrected chi connectivity index (χ3v) is 13.1. The van der Waals surface area contributed by atoms with Crippen LogP contribution in [0, 0.1) is 40.5 Å². The second-order valence-electron chi connectivity index (χ2n) is 19.4. The van der Waals surface area contributed by atoms with Crippen molar-refractivity contribution < 1.29 is 115 Å². The summed E-state index contributed by atoms with van der Waals surface area (Å²) in [5, 5.41) is 84.9. The molecule has 0 saturated carbocycles. The van der Waals surface area contributed by atoms with Crippen LogP contribution in [0.1, 0.15) is 23.0 Å². The number of amides is 12. The van der Waals surface area contributed by atoms with Gasteiger partial charge in [0.05, 0.1) is 44.6 Å². The van der Waals surface area contributed by atoms with E-state index < -0.39 is 80.9 Å². The van der Waals surface area contributed by atoms with Crippen LogP contribution < -0.4 is 34.9 Å². The number of carbonyl (C=O) groups excluding carboxylic acids is 8. The summed E-state index contributed by atoms with van der Waals surface area (Å²) in [6, 6.07) is 33.9. The van der Waals surface area contributed by atoms with Gasteiger partial charge in [0, 0.05) is 77.3 Å². The Hall–Kier alpha value is -13.0. The fourth-order valence-electron chi connectivity index (χ4n) is 8.33. The first kappa shape index (κ1) is 69.8. The number of nitrogens with one attached hydrogen (secondary N) is 1. The molecule has 0 atom stereocenters. The van der Waals surface area contributed by atoms with Crippen molar-refractivity contribution in [2.45, 2.75) is 0 Å². The van der Waals surface area contributed by atoms with Crippen molar-refractivity contribution in [1.82, 2.24) is 35.2 Å². The van der Waals surface area contributed by atoms with E-state index in [4.69, 9.17) is 27.9 Å². The minimum Gasteiger partial charge on any atom is -0.455 e. The summed E-state index contributed by atoms with van der Waals surface area (Å²) in [5.41, 5.74) is 2.55. The van der Waals surface area contributed by atoms with Crippen molar-refractivity contribution >= 4 is 95.4 Å². The number of non-ortho nitro benzene ring substituents is 4. The van der Waals surface area contributed by atoms with Crippen LogP contribution in [0.5, 0.6) is 0 Å². The molecule has 97 heavy (non-hydrogen) atoms. The summed E-state index contributed by atoms with van der Waals surface area (Å²) >= 11 is 0. The van der Waals surface area contributed by atoms with Crippen LogP contribution in [-0.4, -0.2) is 172 Å². The van der Waals surface area contributed by atoms with Crippen molar-refractivity contribution in [1.29, 1.82) is 0 Å². The molecule has 0 unspecified atom stereocenters.